The maximum absolute atomic E-state index is 12.1. The van der Waals surface area contributed by atoms with E-state index in [2.05, 4.69) is 26.3 Å². The van der Waals surface area contributed by atoms with Crippen molar-refractivity contribution in [2.45, 2.75) is 51.3 Å². The van der Waals surface area contributed by atoms with Gasteiger partial charge in [-0.05, 0) is 49.0 Å². The summed E-state index contributed by atoms with van der Waals surface area (Å²) < 4.78 is 7.46. The van der Waals surface area contributed by atoms with Crippen molar-refractivity contribution in [2.75, 3.05) is 12.4 Å². The Hall–Kier alpha value is -0.880. The Morgan fingerprint density at radius 1 is 1.53 bits per heavy atom. The van der Waals surface area contributed by atoms with E-state index < -0.39 is 0 Å². The van der Waals surface area contributed by atoms with Crippen molar-refractivity contribution in [2.24, 2.45) is 0 Å². The molecule has 5 nitrogen and oxygen atoms in total. The van der Waals surface area contributed by atoms with E-state index in [1.54, 1.807) is 13.3 Å². The molecule has 0 aromatic carbocycles. The van der Waals surface area contributed by atoms with Gasteiger partial charge in [-0.15, -0.1) is 0 Å². The fraction of sp³-hybridized carbons (Fsp3) is 0.692. The molecule has 1 fully saturated rings. The van der Waals surface area contributed by atoms with Gasteiger partial charge >= 0.3 is 0 Å². The molecule has 0 spiro atoms. The molecule has 6 heteroatoms. The molecule has 2 rings (SSSR count). The van der Waals surface area contributed by atoms with Gasteiger partial charge in [0.25, 0.3) is 5.56 Å². The van der Waals surface area contributed by atoms with E-state index in [-0.39, 0.29) is 23.7 Å². The third-order valence-corrected chi connectivity index (χ3v) is 4.30. The molecular formula is C13H20BrN3O2. The number of rotatable bonds is 4. The lowest BCUT2D eigenvalue weighted by molar-refractivity contribution is 0.101. The largest absolute Gasteiger partial charge is 0.379 e. The maximum Gasteiger partial charge on any atom is 0.283 e. The van der Waals surface area contributed by atoms with Gasteiger partial charge in [-0.1, -0.05) is 0 Å². The minimum atomic E-state index is -0.105. The first kappa shape index (κ1) is 14.5. The minimum absolute atomic E-state index is 0.0519. The van der Waals surface area contributed by atoms with Crippen LogP contribution in [0.3, 0.4) is 0 Å². The summed E-state index contributed by atoms with van der Waals surface area (Å²) in [4.78, 5) is 12.1. The fourth-order valence-electron chi connectivity index (χ4n) is 2.49. The molecule has 1 heterocycles. The van der Waals surface area contributed by atoms with Crippen LogP contribution >= 0.6 is 15.9 Å². The van der Waals surface area contributed by atoms with Crippen LogP contribution < -0.4 is 10.9 Å². The topological polar surface area (TPSA) is 56.1 Å². The average molecular weight is 330 g/mol. The van der Waals surface area contributed by atoms with E-state index in [4.69, 9.17) is 4.74 Å². The van der Waals surface area contributed by atoms with Gasteiger partial charge in [0, 0.05) is 7.11 Å². The Labute approximate surface area is 121 Å². The normalized spacial score (nSPS) is 23.0. The number of halogens is 1. The van der Waals surface area contributed by atoms with Crippen LogP contribution in [0.4, 0.5) is 5.69 Å². The van der Waals surface area contributed by atoms with E-state index >= 15 is 0 Å². The van der Waals surface area contributed by atoms with Crippen LogP contribution in [-0.4, -0.2) is 29.0 Å². The first-order valence-corrected chi connectivity index (χ1v) is 7.40. The Morgan fingerprint density at radius 3 is 2.89 bits per heavy atom. The lowest BCUT2D eigenvalue weighted by Gasteiger charge is -2.21. The van der Waals surface area contributed by atoms with Crippen LogP contribution in [-0.2, 0) is 4.74 Å². The number of nitrogens with zero attached hydrogens (tertiary/aromatic N) is 2. The second-order valence-electron chi connectivity index (χ2n) is 5.17. The number of ether oxygens (including phenoxy) is 1. The predicted octanol–water partition coefficient (Wildman–Crippen LogP) is 2.57. The van der Waals surface area contributed by atoms with Crippen LogP contribution in [0.15, 0.2) is 15.5 Å². The predicted molar refractivity (Wildman–Crippen MR) is 78.6 cm³/mol. The first-order valence-electron chi connectivity index (χ1n) is 6.61. The van der Waals surface area contributed by atoms with E-state index in [0.29, 0.717) is 4.47 Å². The molecule has 1 aliphatic rings. The van der Waals surface area contributed by atoms with Gasteiger partial charge in [-0.2, -0.15) is 5.10 Å². The van der Waals surface area contributed by atoms with Gasteiger partial charge in [0.15, 0.2) is 0 Å². The summed E-state index contributed by atoms with van der Waals surface area (Å²) in [6.07, 6.45) is 5.17. The highest BCUT2D eigenvalue weighted by Crippen LogP contribution is 2.27. The Morgan fingerprint density at radius 2 is 2.26 bits per heavy atom. The van der Waals surface area contributed by atoms with E-state index in [1.165, 1.54) is 4.68 Å². The van der Waals surface area contributed by atoms with Crippen molar-refractivity contribution in [1.29, 1.82) is 0 Å². The Kier molecular flexibility index (Phi) is 4.62. The van der Waals surface area contributed by atoms with Gasteiger partial charge < -0.3 is 10.1 Å². The number of hydrogen-bond donors (Lipinski definition) is 1. The second-order valence-corrected chi connectivity index (χ2v) is 5.96. The molecule has 1 saturated carbocycles. The summed E-state index contributed by atoms with van der Waals surface area (Å²) in [7, 11) is 1.73. The van der Waals surface area contributed by atoms with Crippen LogP contribution in [0.1, 0.15) is 39.2 Å². The summed E-state index contributed by atoms with van der Waals surface area (Å²) in [6, 6.07) is 0.299. The van der Waals surface area contributed by atoms with E-state index in [0.717, 1.165) is 24.9 Å². The third kappa shape index (κ3) is 3.00. The van der Waals surface area contributed by atoms with Gasteiger partial charge in [-0.3, -0.25) is 4.79 Å². The summed E-state index contributed by atoms with van der Waals surface area (Å²) >= 11 is 3.37. The smallest absolute Gasteiger partial charge is 0.283 e. The molecule has 0 aliphatic heterocycles. The molecule has 1 aromatic heterocycles. The SMILES string of the molecule is COC1CCCC1Nc1cnn(C(C)C)c(=O)c1Br. The number of hydrogen-bond acceptors (Lipinski definition) is 4. The molecule has 0 radical (unpaired) electrons. The van der Waals surface area contributed by atoms with Crippen LogP contribution in [0.5, 0.6) is 0 Å². The molecule has 1 aromatic rings. The highest BCUT2D eigenvalue weighted by molar-refractivity contribution is 9.10. The number of aromatic nitrogens is 2. The standard InChI is InChI=1S/C13H20BrN3O2/c1-8(2)17-13(18)12(14)10(7-15-17)16-9-5-4-6-11(9)19-3/h7-9,11,16H,4-6H2,1-3H3. The van der Waals surface area contributed by atoms with Crippen LogP contribution in [0, 0.1) is 0 Å². The zero-order chi connectivity index (χ0) is 14.0. The van der Waals surface area contributed by atoms with Crippen molar-refractivity contribution in [3.8, 4) is 0 Å². The average Bonchev–Trinajstić information content (AvgIpc) is 2.82. The lowest BCUT2D eigenvalue weighted by Crippen LogP contribution is -2.32. The first-order chi connectivity index (χ1) is 9.04. The summed E-state index contributed by atoms with van der Waals surface area (Å²) in [6.45, 7) is 3.87. The molecule has 0 amide bonds. The van der Waals surface area contributed by atoms with Crippen LogP contribution in [0.25, 0.3) is 0 Å². The van der Waals surface area contributed by atoms with Crippen molar-refractivity contribution >= 4 is 21.6 Å². The third-order valence-electron chi connectivity index (χ3n) is 3.53. The summed E-state index contributed by atoms with van der Waals surface area (Å²) in [5.74, 6) is 0. The molecule has 0 bridgehead atoms. The molecule has 19 heavy (non-hydrogen) atoms. The molecule has 106 valence electrons. The number of nitrogens with one attached hydrogen (secondary N) is 1. The van der Waals surface area contributed by atoms with Crippen molar-refractivity contribution in [1.82, 2.24) is 9.78 Å². The second kappa shape index (κ2) is 6.05. The van der Waals surface area contributed by atoms with Gasteiger partial charge in [-0.25, -0.2) is 4.68 Å². The number of anilines is 1. The highest BCUT2D eigenvalue weighted by atomic mass is 79.9. The summed E-state index contributed by atoms with van der Waals surface area (Å²) in [5.41, 5.74) is 0.641. The van der Waals surface area contributed by atoms with Gasteiger partial charge in [0.1, 0.15) is 4.47 Å². The van der Waals surface area contributed by atoms with Crippen molar-refractivity contribution in [3.05, 3.63) is 21.0 Å². The molecule has 0 saturated heterocycles. The molecule has 1 N–H and O–H groups in total. The molecule has 2 unspecified atom stereocenters. The van der Waals surface area contributed by atoms with Crippen molar-refractivity contribution in [3.63, 3.8) is 0 Å². The monoisotopic (exact) mass is 329 g/mol. The molecule has 2 atom stereocenters. The van der Waals surface area contributed by atoms with Crippen molar-refractivity contribution < 1.29 is 4.74 Å². The quantitative estimate of drug-likeness (QED) is 0.922. The summed E-state index contributed by atoms with van der Waals surface area (Å²) in [5, 5.41) is 7.57. The maximum atomic E-state index is 12.1. The highest BCUT2D eigenvalue weighted by Gasteiger charge is 2.27. The zero-order valence-corrected chi connectivity index (χ0v) is 13.1. The van der Waals surface area contributed by atoms with E-state index in [9.17, 15) is 4.79 Å². The van der Waals surface area contributed by atoms with Gasteiger partial charge in [0.05, 0.1) is 30.1 Å². The van der Waals surface area contributed by atoms with Gasteiger partial charge in [0.2, 0.25) is 0 Å². The molecule has 1 aliphatic carbocycles. The van der Waals surface area contributed by atoms with Crippen LogP contribution in [0.2, 0.25) is 0 Å². The molecular weight excluding hydrogens is 310 g/mol. The number of methoxy groups -OCH3 is 1. The Bertz CT molecular complexity index is 501. The van der Waals surface area contributed by atoms with E-state index in [1.807, 2.05) is 13.8 Å². The Balaban J connectivity index is 2.22. The zero-order valence-electron chi connectivity index (χ0n) is 11.5. The fourth-order valence-corrected chi connectivity index (χ4v) is 2.88. The lowest BCUT2D eigenvalue weighted by atomic mass is 10.2. The minimum Gasteiger partial charge on any atom is -0.379 e.